The topological polar surface area (TPSA) is 29.3 Å². The highest BCUT2D eigenvalue weighted by Gasteiger charge is 2.31. The van der Waals surface area contributed by atoms with Gasteiger partial charge < -0.3 is 10.6 Å². The molecule has 0 fully saturated rings. The van der Waals surface area contributed by atoms with E-state index >= 15 is 0 Å². The molecule has 18 heavy (non-hydrogen) atoms. The fourth-order valence-electron chi connectivity index (χ4n) is 1.51. The van der Waals surface area contributed by atoms with Crippen LogP contribution in [0.2, 0.25) is 0 Å². The van der Waals surface area contributed by atoms with E-state index in [1.54, 1.807) is 11.9 Å². The minimum Gasteiger partial charge on any atom is -0.372 e. The molecule has 0 heterocycles. The van der Waals surface area contributed by atoms with Crippen molar-refractivity contribution in [2.24, 2.45) is 5.73 Å². The van der Waals surface area contributed by atoms with E-state index in [4.69, 9.17) is 5.73 Å². The minimum absolute atomic E-state index is 0.0371. The molecular formula is C12H16F4N2. The lowest BCUT2D eigenvalue weighted by Gasteiger charge is -2.21. The van der Waals surface area contributed by atoms with Crippen molar-refractivity contribution in [3.05, 3.63) is 29.6 Å². The van der Waals surface area contributed by atoms with Crippen LogP contribution < -0.4 is 10.6 Å². The third kappa shape index (κ3) is 3.87. The lowest BCUT2D eigenvalue weighted by molar-refractivity contribution is -0.137. The molecule has 2 N–H and O–H groups in total. The molecule has 0 aliphatic carbocycles. The molecule has 1 atom stereocenters. The molecule has 0 spiro atoms. The van der Waals surface area contributed by atoms with Crippen LogP contribution in [0.15, 0.2) is 18.2 Å². The van der Waals surface area contributed by atoms with Crippen LogP contribution in [0.4, 0.5) is 23.2 Å². The van der Waals surface area contributed by atoms with Crippen LogP contribution in [0.1, 0.15) is 18.9 Å². The Hall–Kier alpha value is -1.30. The molecule has 1 aromatic carbocycles. The summed E-state index contributed by atoms with van der Waals surface area (Å²) < 4.78 is 50.7. The molecule has 0 bridgehead atoms. The molecular weight excluding hydrogens is 248 g/mol. The van der Waals surface area contributed by atoms with Gasteiger partial charge in [-0.2, -0.15) is 13.2 Å². The standard InChI is InChI=1S/C12H16F4N2/c1-8(17)5-6-18(2)11-4-3-9(7-10(11)13)12(14,15)16/h3-4,7-8H,5-6,17H2,1-2H3. The summed E-state index contributed by atoms with van der Waals surface area (Å²) in [5, 5.41) is 0. The third-order valence-electron chi connectivity index (χ3n) is 2.61. The first-order valence-electron chi connectivity index (χ1n) is 5.55. The highest BCUT2D eigenvalue weighted by atomic mass is 19.4. The van der Waals surface area contributed by atoms with Crippen molar-refractivity contribution >= 4 is 5.69 Å². The molecule has 0 aromatic heterocycles. The Morgan fingerprint density at radius 3 is 2.39 bits per heavy atom. The van der Waals surface area contributed by atoms with Crippen LogP contribution in [0.5, 0.6) is 0 Å². The van der Waals surface area contributed by atoms with Crippen LogP contribution >= 0.6 is 0 Å². The number of nitrogens with two attached hydrogens (primary N) is 1. The van der Waals surface area contributed by atoms with E-state index < -0.39 is 17.6 Å². The summed E-state index contributed by atoms with van der Waals surface area (Å²) in [4.78, 5) is 1.55. The normalized spacial score (nSPS) is 13.5. The second kappa shape index (κ2) is 5.56. The number of anilines is 1. The van der Waals surface area contributed by atoms with Crippen LogP contribution in [-0.2, 0) is 6.18 Å². The molecule has 0 amide bonds. The van der Waals surface area contributed by atoms with Crippen LogP contribution in [0, 0.1) is 5.82 Å². The highest BCUT2D eigenvalue weighted by Crippen LogP contribution is 2.32. The minimum atomic E-state index is -4.52. The maximum atomic E-state index is 13.6. The predicted octanol–water partition coefficient (Wildman–Crippen LogP) is 3.02. The molecule has 2 nitrogen and oxygen atoms in total. The smallest absolute Gasteiger partial charge is 0.372 e. The maximum Gasteiger partial charge on any atom is 0.416 e. The zero-order valence-electron chi connectivity index (χ0n) is 10.3. The van der Waals surface area contributed by atoms with Gasteiger partial charge in [-0.3, -0.25) is 0 Å². The Labute approximate surface area is 103 Å². The second-order valence-corrected chi connectivity index (χ2v) is 4.35. The number of rotatable bonds is 4. The third-order valence-corrected chi connectivity index (χ3v) is 2.61. The van der Waals surface area contributed by atoms with Gasteiger partial charge in [0.2, 0.25) is 0 Å². The zero-order valence-corrected chi connectivity index (χ0v) is 10.3. The largest absolute Gasteiger partial charge is 0.416 e. The number of hydrogen-bond acceptors (Lipinski definition) is 2. The van der Waals surface area contributed by atoms with Gasteiger partial charge in [0.05, 0.1) is 11.3 Å². The van der Waals surface area contributed by atoms with E-state index in [1.807, 2.05) is 6.92 Å². The number of alkyl halides is 3. The summed E-state index contributed by atoms with van der Waals surface area (Å²) in [6, 6.07) is 2.49. The summed E-state index contributed by atoms with van der Waals surface area (Å²) in [5.41, 5.74) is 4.73. The fraction of sp³-hybridized carbons (Fsp3) is 0.500. The molecule has 102 valence electrons. The molecule has 0 saturated heterocycles. The molecule has 1 aromatic rings. The quantitative estimate of drug-likeness (QED) is 0.847. The Kier molecular flexibility index (Phi) is 4.56. The van der Waals surface area contributed by atoms with E-state index in [9.17, 15) is 17.6 Å². The van der Waals surface area contributed by atoms with E-state index in [-0.39, 0.29) is 11.7 Å². The lowest BCUT2D eigenvalue weighted by Crippen LogP contribution is -2.26. The lowest BCUT2D eigenvalue weighted by atomic mass is 10.1. The van der Waals surface area contributed by atoms with Gasteiger partial charge in [-0.25, -0.2) is 4.39 Å². The van der Waals surface area contributed by atoms with Gasteiger partial charge in [0.25, 0.3) is 0 Å². The predicted molar refractivity (Wildman–Crippen MR) is 62.9 cm³/mol. The SMILES string of the molecule is CC(N)CCN(C)c1ccc(C(F)(F)F)cc1F. The Balaban J connectivity index is 2.85. The molecule has 1 rings (SSSR count). The molecule has 0 radical (unpaired) electrons. The monoisotopic (exact) mass is 264 g/mol. The van der Waals surface area contributed by atoms with Gasteiger partial charge in [0.1, 0.15) is 5.82 Å². The molecule has 0 saturated carbocycles. The number of nitrogens with zero attached hydrogens (tertiary/aromatic N) is 1. The van der Waals surface area contributed by atoms with Crippen molar-refractivity contribution in [1.82, 2.24) is 0 Å². The first-order valence-corrected chi connectivity index (χ1v) is 5.55. The first-order chi connectivity index (χ1) is 8.21. The van der Waals surface area contributed by atoms with E-state index in [0.717, 1.165) is 12.1 Å². The molecule has 6 heteroatoms. The summed E-state index contributed by atoms with van der Waals surface area (Å²) in [7, 11) is 1.62. The maximum absolute atomic E-state index is 13.6. The highest BCUT2D eigenvalue weighted by molar-refractivity contribution is 5.48. The zero-order chi connectivity index (χ0) is 13.9. The van der Waals surface area contributed by atoms with Gasteiger partial charge >= 0.3 is 6.18 Å². The summed E-state index contributed by atoms with van der Waals surface area (Å²) in [6.07, 6.45) is -3.89. The van der Waals surface area contributed by atoms with Gasteiger partial charge in [-0.15, -0.1) is 0 Å². The van der Waals surface area contributed by atoms with E-state index in [1.165, 1.54) is 0 Å². The van der Waals surface area contributed by atoms with Gasteiger partial charge in [0.15, 0.2) is 0 Å². The van der Waals surface area contributed by atoms with E-state index in [2.05, 4.69) is 0 Å². The number of halogens is 4. The Morgan fingerprint density at radius 2 is 1.94 bits per heavy atom. The van der Waals surface area contributed by atoms with Crippen molar-refractivity contribution in [3.8, 4) is 0 Å². The Bertz CT molecular complexity index is 402. The number of benzene rings is 1. The van der Waals surface area contributed by atoms with Crippen molar-refractivity contribution < 1.29 is 17.6 Å². The van der Waals surface area contributed by atoms with Crippen molar-refractivity contribution in [3.63, 3.8) is 0 Å². The van der Waals surface area contributed by atoms with Gasteiger partial charge in [-0.05, 0) is 31.5 Å². The fourth-order valence-corrected chi connectivity index (χ4v) is 1.51. The van der Waals surface area contributed by atoms with Gasteiger partial charge in [0, 0.05) is 19.6 Å². The Morgan fingerprint density at radius 1 is 1.33 bits per heavy atom. The first kappa shape index (κ1) is 14.8. The van der Waals surface area contributed by atoms with Crippen molar-refractivity contribution in [2.45, 2.75) is 25.6 Å². The average molecular weight is 264 g/mol. The number of hydrogen-bond donors (Lipinski definition) is 1. The average Bonchev–Trinajstić information content (AvgIpc) is 2.24. The summed E-state index contributed by atoms with van der Waals surface area (Å²) in [6.45, 7) is 2.30. The molecule has 1 unspecified atom stereocenters. The second-order valence-electron chi connectivity index (χ2n) is 4.35. The van der Waals surface area contributed by atoms with Crippen molar-refractivity contribution in [2.75, 3.05) is 18.5 Å². The van der Waals surface area contributed by atoms with Gasteiger partial charge in [-0.1, -0.05) is 0 Å². The van der Waals surface area contributed by atoms with Crippen LogP contribution in [-0.4, -0.2) is 19.6 Å². The van der Waals surface area contributed by atoms with E-state index in [0.29, 0.717) is 19.0 Å². The van der Waals surface area contributed by atoms with Crippen LogP contribution in [0.25, 0.3) is 0 Å². The molecule has 0 aliphatic heterocycles. The summed E-state index contributed by atoms with van der Waals surface area (Å²) in [5.74, 6) is -0.878. The van der Waals surface area contributed by atoms with Crippen molar-refractivity contribution in [1.29, 1.82) is 0 Å². The molecule has 0 aliphatic rings. The van der Waals surface area contributed by atoms with Crippen LogP contribution in [0.3, 0.4) is 0 Å². The summed E-state index contributed by atoms with van der Waals surface area (Å²) >= 11 is 0.